The zero-order valence-electron chi connectivity index (χ0n) is 13.9. The fourth-order valence-electron chi connectivity index (χ4n) is 3.17. The molecule has 1 saturated carbocycles. The number of hydrogen-bond donors (Lipinski definition) is 1. The van der Waals surface area contributed by atoms with Gasteiger partial charge in [0.25, 0.3) is 5.91 Å². The van der Waals surface area contributed by atoms with Crippen molar-refractivity contribution in [3.63, 3.8) is 0 Å². The van der Waals surface area contributed by atoms with Gasteiger partial charge in [0.1, 0.15) is 0 Å². The van der Waals surface area contributed by atoms with Gasteiger partial charge in [-0.05, 0) is 56.0 Å². The summed E-state index contributed by atoms with van der Waals surface area (Å²) < 4.78 is 0. The molecule has 2 heterocycles. The van der Waals surface area contributed by atoms with Crippen molar-refractivity contribution in [1.82, 2.24) is 15.3 Å². The van der Waals surface area contributed by atoms with Gasteiger partial charge in [-0.3, -0.25) is 14.8 Å². The SMILES string of the molecule is Cc1cccc(C(NC(=O)c2c(Cl)ccc3ncccc23)C2CC2)n1. The molecule has 1 fully saturated rings. The lowest BCUT2D eigenvalue weighted by Gasteiger charge is -2.19. The lowest BCUT2D eigenvalue weighted by atomic mass is 10.0. The minimum Gasteiger partial charge on any atom is -0.343 e. The second-order valence-electron chi connectivity index (χ2n) is 6.48. The van der Waals surface area contributed by atoms with Crippen molar-refractivity contribution in [2.75, 3.05) is 0 Å². The van der Waals surface area contributed by atoms with Crippen LogP contribution in [-0.2, 0) is 0 Å². The number of aryl methyl sites for hydroxylation is 1. The molecule has 1 N–H and O–H groups in total. The molecule has 1 aliphatic carbocycles. The zero-order chi connectivity index (χ0) is 17.4. The minimum absolute atomic E-state index is 0.0876. The third kappa shape index (κ3) is 3.22. The fourth-order valence-corrected chi connectivity index (χ4v) is 3.42. The first-order chi connectivity index (χ1) is 12.1. The maximum Gasteiger partial charge on any atom is 0.254 e. The van der Waals surface area contributed by atoms with E-state index in [4.69, 9.17) is 11.6 Å². The zero-order valence-corrected chi connectivity index (χ0v) is 14.6. The van der Waals surface area contributed by atoms with Crippen molar-refractivity contribution in [3.8, 4) is 0 Å². The molecule has 0 radical (unpaired) electrons. The van der Waals surface area contributed by atoms with Crippen LogP contribution in [0.15, 0.2) is 48.7 Å². The van der Waals surface area contributed by atoms with E-state index in [1.165, 1.54) is 0 Å². The van der Waals surface area contributed by atoms with Gasteiger partial charge in [0.2, 0.25) is 0 Å². The third-order valence-electron chi connectivity index (χ3n) is 4.57. The Kier molecular flexibility index (Phi) is 4.14. The number of hydrogen-bond acceptors (Lipinski definition) is 3. The van der Waals surface area contributed by atoms with Gasteiger partial charge in [0, 0.05) is 17.3 Å². The Hall–Kier alpha value is -2.46. The van der Waals surface area contributed by atoms with Gasteiger partial charge in [-0.2, -0.15) is 0 Å². The quantitative estimate of drug-likeness (QED) is 0.754. The molecule has 1 aliphatic rings. The summed E-state index contributed by atoms with van der Waals surface area (Å²) in [5.41, 5.74) is 3.09. The molecule has 0 spiro atoms. The van der Waals surface area contributed by atoms with Crippen molar-refractivity contribution >= 4 is 28.4 Å². The lowest BCUT2D eigenvalue weighted by Crippen LogP contribution is -2.31. The van der Waals surface area contributed by atoms with Crippen LogP contribution >= 0.6 is 11.6 Å². The van der Waals surface area contributed by atoms with Crippen molar-refractivity contribution in [3.05, 3.63) is 70.6 Å². The van der Waals surface area contributed by atoms with E-state index in [2.05, 4.69) is 15.3 Å². The predicted molar refractivity (Wildman–Crippen MR) is 98.7 cm³/mol. The molecule has 4 nitrogen and oxygen atoms in total. The maximum atomic E-state index is 13.0. The van der Waals surface area contributed by atoms with E-state index in [0.717, 1.165) is 35.1 Å². The van der Waals surface area contributed by atoms with Crippen molar-refractivity contribution in [2.45, 2.75) is 25.8 Å². The molecule has 25 heavy (non-hydrogen) atoms. The number of carbonyl (C=O) groups is 1. The Balaban J connectivity index is 1.70. The van der Waals surface area contributed by atoms with Crippen LogP contribution in [0.3, 0.4) is 0 Å². The standard InChI is InChI=1S/C20H18ClN3O/c1-12-4-2-6-17(23-12)19(13-7-8-13)24-20(25)18-14-5-3-11-22-16(14)10-9-15(18)21/h2-6,9-11,13,19H,7-8H2,1H3,(H,24,25). The number of amides is 1. The Morgan fingerprint density at radius 3 is 2.80 bits per heavy atom. The third-order valence-corrected chi connectivity index (χ3v) is 4.88. The Morgan fingerprint density at radius 1 is 1.20 bits per heavy atom. The van der Waals surface area contributed by atoms with Crippen LogP contribution in [0, 0.1) is 12.8 Å². The molecule has 0 bridgehead atoms. The molecule has 1 unspecified atom stereocenters. The van der Waals surface area contributed by atoms with Crippen LogP contribution in [-0.4, -0.2) is 15.9 Å². The molecule has 126 valence electrons. The first kappa shape index (κ1) is 16.0. The second-order valence-corrected chi connectivity index (χ2v) is 6.89. The van der Waals surface area contributed by atoms with Gasteiger partial charge in [-0.15, -0.1) is 0 Å². The summed E-state index contributed by atoms with van der Waals surface area (Å²) in [4.78, 5) is 21.9. The Morgan fingerprint density at radius 2 is 2.04 bits per heavy atom. The normalized spacial score (nSPS) is 15.1. The van der Waals surface area contributed by atoms with Crippen LogP contribution in [0.1, 0.15) is 40.6 Å². The summed E-state index contributed by atoms with van der Waals surface area (Å²) >= 11 is 6.34. The number of pyridine rings is 2. The smallest absolute Gasteiger partial charge is 0.254 e. The summed E-state index contributed by atoms with van der Waals surface area (Å²) in [6.07, 6.45) is 3.92. The number of carbonyl (C=O) groups excluding carboxylic acids is 1. The van der Waals surface area contributed by atoms with Gasteiger partial charge in [-0.1, -0.05) is 23.7 Å². The molecular formula is C20H18ClN3O. The highest BCUT2D eigenvalue weighted by molar-refractivity contribution is 6.35. The highest BCUT2D eigenvalue weighted by Crippen LogP contribution is 2.41. The lowest BCUT2D eigenvalue weighted by molar-refractivity contribution is 0.0932. The van der Waals surface area contributed by atoms with Crippen LogP contribution < -0.4 is 5.32 Å². The molecule has 0 saturated heterocycles. The molecule has 0 aliphatic heterocycles. The van der Waals surface area contributed by atoms with E-state index < -0.39 is 0 Å². The van der Waals surface area contributed by atoms with Crippen LogP contribution in [0.2, 0.25) is 5.02 Å². The molecule has 2 aromatic heterocycles. The highest BCUT2D eigenvalue weighted by atomic mass is 35.5. The topological polar surface area (TPSA) is 54.9 Å². The van der Waals surface area contributed by atoms with Crippen LogP contribution in [0.25, 0.3) is 10.9 Å². The second kappa shape index (κ2) is 6.45. The molecule has 1 atom stereocenters. The number of aromatic nitrogens is 2. The van der Waals surface area contributed by atoms with Gasteiger partial charge >= 0.3 is 0 Å². The average molecular weight is 352 g/mol. The average Bonchev–Trinajstić information content (AvgIpc) is 3.44. The van der Waals surface area contributed by atoms with Crippen LogP contribution in [0.4, 0.5) is 0 Å². The van der Waals surface area contributed by atoms with E-state index in [0.29, 0.717) is 16.5 Å². The van der Waals surface area contributed by atoms with Gasteiger partial charge in [0.05, 0.1) is 27.8 Å². The largest absolute Gasteiger partial charge is 0.343 e. The predicted octanol–water partition coefficient (Wildman–Crippen LogP) is 4.47. The van der Waals surface area contributed by atoms with Gasteiger partial charge < -0.3 is 5.32 Å². The molecule has 4 rings (SSSR count). The molecule has 1 aromatic carbocycles. The van der Waals surface area contributed by atoms with Crippen molar-refractivity contribution in [2.24, 2.45) is 5.92 Å². The minimum atomic E-state index is -0.177. The summed E-state index contributed by atoms with van der Waals surface area (Å²) in [5.74, 6) is 0.258. The van der Waals surface area contributed by atoms with Crippen molar-refractivity contribution in [1.29, 1.82) is 0 Å². The summed E-state index contributed by atoms with van der Waals surface area (Å²) in [6, 6.07) is 13.1. The van der Waals surface area contributed by atoms with Crippen LogP contribution in [0.5, 0.6) is 0 Å². The number of nitrogens with zero attached hydrogens (tertiary/aromatic N) is 2. The summed E-state index contributed by atoms with van der Waals surface area (Å²) in [6.45, 7) is 1.96. The van der Waals surface area contributed by atoms with E-state index in [9.17, 15) is 4.79 Å². The first-order valence-corrected chi connectivity index (χ1v) is 8.79. The molecule has 1 amide bonds. The number of halogens is 1. The number of nitrogens with one attached hydrogen (secondary N) is 1. The van der Waals surface area contributed by atoms with E-state index in [1.807, 2.05) is 43.3 Å². The molecule has 5 heteroatoms. The maximum absolute atomic E-state index is 13.0. The monoisotopic (exact) mass is 351 g/mol. The van der Waals surface area contributed by atoms with E-state index in [1.54, 1.807) is 12.3 Å². The van der Waals surface area contributed by atoms with Gasteiger partial charge in [0.15, 0.2) is 0 Å². The van der Waals surface area contributed by atoms with E-state index >= 15 is 0 Å². The number of benzene rings is 1. The summed E-state index contributed by atoms with van der Waals surface area (Å²) in [5, 5.41) is 4.36. The van der Waals surface area contributed by atoms with E-state index in [-0.39, 0.29) is 11.9 Å². The number of rotatable bonds is 4. The summed E-state index contributed by atoms with van der Waals surface area (Å²) in [7, 11) is 0. The molecular weight excluding hydrogens is 334 g/mol. The first-order valence-electron chi connectivity index (χ1n) is 8.41. The van der Waals surface area contributed by atoms with Crippen molar-refractivity contribution < 1.29 is 4.79 Å². The Labute approximate surface area is 151 Å². The fraction of sp³-hybridized carbons (Fsp3) is 0.250. The Bertz CT molecular complexity index is 953. The number of fused-ring (bicyclic) bond motifs is 1. The molecule has 3 aromatic rings. The highest BCUT2D eigenvalue weighted by Gasteiger charge is 2.35. The van der Waals surface area contributed by atoms with Gasteiger partial charge in [-0.25, -0.2) is 0 Å².